The minimum Gasteiger partial charge on any atom is -0.508 e. The fourth-order valence-corrected chi connectivity index (χ4v) is 3.21. The normalized spacial score (nSPS) is 16.0. The molecule has 1 saturated heterocycles. The highest BCUT2D eigenvalue weighted by Crippen LogP contribution is 2.19. The first-order chi connectivity index (χ1) is 12.9. The number of phenols is 1. The zero-order valence-corrected chi connectivity index (χ0v) is 16.2. The van der Waals surface area contributed by atoms with E-state index in [1.165, 1.54) is 17.0 Å². The van der Waals surface area contributed by atoms with Crippen LogP contribution in [0.5, 0.6) is 5.75 Å². The van der Waals surface area contributed by atoms with Crippen LogP contribution in [0.3, 0.4) is 0 Å². The van der Waals surface area contributed by atoms with Crippen LogP contribution in [0.2, 0.25) is 0 Å². The number of carbonyl (C=O) groups excluding carboxylic acids is 2. The van der Waals surface area contributed by atoms with Gasteiger partial charge in [0.05, 0.1) is 12.6 Å². The predicted molar refractivity (Wildman–Crippen MR) is 103 cm³/mol. The Morgan fingerprint density at radius 3 is 2.67 bits per heavy atom. The summed E-state index contributed by atoms with van der Waals surface area (Å²) in [6.45, 7) is 6.45. The number of carbonyl (C=O) groups is 2. The molecule has 0 saturated carbocycles. The first kappa shape index (κ1) is 21.0. The number of hydrogen-bond donors (Lipinski definition) is 3. The molecule has 1 aliphatic heterocycles. The maximum atomic E-state index is 12.3. The van der Waals surface area contributed by atoms with E-state index in [1.807, 2.05) is 11.8 Å². The fraction of sp³-hybridized carbons (Fsp3) is 0.600. The lowest BCUT2D eigenvalue weighted by molar-refractivity contribution is -0.132. The number of hydrogen-bond acceptors (Lipinski definition) is 4. The van der Waals surface area contributed by atoms with E-state index in [1.54, 1.807) is 12.1 Å². The molecule has 1 aromatic rings. The maximum Gasteiger partial charge on any atom is 0.317 e. The summed E-state index contributed by atoms with van der Waals surface area (Å²) in [6, 6.07) is 6.05. The van der Waals surface area contributed by atoms with Crippen LogP contribution in [-0.4, -0.2) is 64.7 Å². The maximum absolute atomic E-state index is 12.3. The molecule has 0 spiro atoms. The minimum atomic E-state index is -0.889. The fourth-order valence-electron chi connectivity index (χ4n) is 3.21. The number of aliphatic hydroxyl groups is 1. The predicted octanol–water partition coefficient (Wildman–Crippen LogP) is 2.11. The molecular weight excluding hydrogens is 346 g/mol. The first-order valence-electron chi connectivity index (χ1n) is 9.68. The van der Waals surface area contributed by atoms with Crippen molar-refractivity contribution in [2.75, 3.05) is 32.7 Å². The number of likely N-dealkylation sites (tertiary alicyclic amines) is 1. The van der Waals surface area contributed by atoms with Crippen LogP contribution in [0.25, 0.3) is 0 Å². The second kappa shape index (κ2) is 10.2. The van der Waals surface area contributed by atoms with E-state index in [-0.39, 0.29) is 37.2 Å². The molecular formula is C20H31N3O4. The molecule has 7 nitrogen and oxygen atoms in total. The van der Waals surface area contributed by atoms with Gasteiger partial charge in [0, 0.05) is 32.6 Å². The van der Waals surface area contributed by atoms with Gasteiger partial charge >= 0.3 is 6.03 Å². The van der Waals surface area contributed by atoms with E-state index >= 15 is 0 Å². The van der Waals surface area contributed by atoms with Crippen LogP contribution in [-0.2, 0) is 4.79 Å². The highest BCUT2D eigenvalue weighted by Gasteiger charge is 2.21. The monoisotopic (exact) mass is 377 g/mol. The zero-order chi connectivity index (χ0) is 19.8. The molecule has 150 valence electrons. The van der Waals surface area contributed by atoms with E-state index in [2.05, 4.69) is 12.2 Å². The lowest BCUT2D eigenvalue weighted by Crippen LogP contribution is -2.44. The number of urea groups is 1. The molecule has 0 aromatic heterocycles. The van der Waals surface area contributed by atoms with Gasteiger partial charge in [-0.3, -0.25) is 4.79 Å². The summed E-state index contributed by atoms with van der Waals surface area (Å²) < 4.78 is 0. The third kappa shape index (κ3) is 6.43. The number of benzene rings is 1. The molecule has 0 radical (unpaired) electrons. The Balaban J connectivity index is 1.76. The molecule has 7 heteroatoms. The van der Waals surface area contributed by atoms with Gasteiger partial charge < -0.3 is 25.3 Å². The van der Waals surface area contributed by atoms with Crippen molar-refractivity contribution >= 4 is 11.9 Å². The van der Waals surface area contributed by atoms with E-state index in [0.29, 0.717) is 18.0 Å². The number of likely N-dealkylation sites (N-methyl/N-ethyl adjacent to an activating group) is 1. The SMILES string of the molecule is CCN(CC(O)c1cccc(O)c1)C(=O)NCCC(=O)N1CCC(C)CC1. The van der Waals surface area contributed by atoms with Gasteiger partial charge in [0.25, 0.3) is 0 Å². The van der Waals surface area contributed by atoms with Gasteiger partial charge in [0.2, 0.25) is 5.91 Å². The van der Waals surface area contributed by atoms with E-state index in [4.69, 9.17) is 0 Å². The average molecular weight is 377 g/mol. The van der Waals surface area contributed by atoms with Crippen molar-refractivity contribution in [3.05, 3.63) is 29.8 Å². The van der Waals surface area contributed by atoms with Crippen LogP contribution < -0.4 is 5.32 Å². The summed E-state index contributed by atoms with van der Waals surface area (Å²) in [6.07, 6.45) is 1.47. The smallest absolute Gasteiger partial charge is 0.317 e. The molecule has 3 amide bonds. The molecule has 0 aliphatic carbocycles. The lowest BCUT2D eigenvalue weighted by atomic mass is 9.99. The van der Waals surface area contributed by atoms with Crippen molar-refractivity contribution in [1.29, 1.82) is 0 Å². The Labute approximate surface area is 161 Å². The minimum absolute atomic E-state index is 0.0738. The van der Waals surface area contributed by atoms with Crippen LogP contribution in [0, 0.1) is 5.92 Å². The number of amides is 3. The molecule has 1 aromatic carbocycles. The van der Waals surface area contributed by atoms with E-state index < -0.39 is 6.10 Å². The standard InChI is InChI=1S/C20H31N3O4/c1-3-22(14-18(25)16-5-4-6-17(24)13-16)20(27)21-10-7-19(26)23-11-8-15(2)9-12-23/h4-6,13,15,18,24-25H,3,7-12,14H2,1-2H3,(H,21,27). The Morgan fingerprint density at radius 1 is 1.33 bits per heavy atom. The Hall–Kier alpha value is -2.28. The molecule has 1 unspecified atom stereocenters. The van der Waals surface area contributed by atoms with Gasteiger partial charge in [0.15, 0.2) is 0 Å². The van der Waals surface area contributed by atoms with Gasteiger partial charge in [-0.2, -0.15) is 0 Å². The molecule has 1 heterocycles. The number of aliphatic hydroxyl groups excluding tert-OH is 1. The number of phenolic OH excluding ortho intramolecular Hbond substituents is 1. The van der Waals surface area contributed by atoms with Gasteiger partial charge in [-0.1, -0.05) is 19.1 Å². The quantitative estimate of drug-likeness (QED) is 0.678. The summed E-state index contributed by atoms with van der Waals surface area (Å²) in [5.41, 5.74) is 0.552. The van der Waals surface area contributed by atoms with Crippen LogP contribution in [0.15, 0.2) is 24.3 Å². The second-order valence-electron chi connectivity index (χ2n) is 7.19. The number of nitrogens with one attached hydrogen (secondary N) is 1. The van der Waals surface area contributed by atoms with Crippen LogP contribution in [0.1, 0.15) is 44.8 Å². The topological polar surface area (TPSA) is 93.1 Å². The summed E-state index contributed by atoms with van der Waals surface area (Å²) in [4.78, 5) is 27.9. The van der Waals surface area contributed by atoms with E-state index in [0.717, 1.165) is 25.9 Å². The number of nitrogens with zero attached hydrogens (tertiary/aromatic N) is 2. The third-order valence-electron chi connectivity index (χ3n) is 5.07. The Kier molecular flexibility index (Phi) is 7.91. The van der Waals surface area contributed by atoms with Crippen molar-refractivity contribution in [1.82, 2.24) is 15.1 Å². The summed E-state index contributed by atoms with van der Waals surface area (Å²) in [5, 5.41) is 22.6. The van der Waals surface area contributed by atoms with Crippen molar-refractivity contribution in [3.63, 3.8) is 0 Å². The second-order valence-corrected chi connectivity index (χ2v) is 7.19. The average Bonchev–Trinajstić information content (AvgIpc) is 2.66. The van der Waals surface area contributed by atoms with Crippen molar-refractivity contribution in [3.8, 4) is 5.75 Å². The van der Waals surface area contributed by atoms with Crippen LogP contribution in [0.4, 0.5) is 4.79 Å². The zero-order valence-electron chi connectivity index (χ0n) is 16.2. The molecule has 1 atom stereocenters. The number of aromatic hydroxyl groups is 1. The van der Waals surface area contributed by atoms with Gasteiger partial charge in [0.1, 0.15) is 5.75 Å². The van der Waals surface area contributed by atoms with Gasteiger partial charge in [-0.15, -0.1) is 0 Å². The van der Waals surface area contributed by atoms with Crippen molar-refractivity contribution < 1.29 is 19.8 Å². The molecule has 27 heavy (non-hydrogen) atoms. The van der Waals surface area contributed by atoms with Crippen LogP contribution >= 0.6 is 0 Å². The number of rotatable bonds is 7. The van der Waals surface area contributed by atoms with Crippen molar-refractivity contribution in [2.24, 2.45) is 5.92 Å². The first-order valence-corrected chi connectivity index (χ1v) is 9.68. The molecule has 1 fully saturated rings. The molecule has 0 bridgehead atoms. The van der Waals surface area contributed by atoms with E-state index in [9.17, 15) is 19.8 Å². The third-order valence-corrected chi connectivity index (χ3v) is 5.07. The largest absolute Gasteiger partial charge is 0.508 e. The number of piperidine rings is 1. The summed E-state index contributed by atoms with van der Waals surface area (Å²) in [5.74, 6) is 0.819. The van der Waals surface area contributed by atoms with Gasteiger partial charge in [-0.05, 0) is 43.4 Å². The molecule has 2 rings (SSSR count). The van der Waals surface area contributed by atoms with Crippen molar-refractivity contribution in [2.45, 2.75) is 39.2 Å². The Bertz CT molecular complexity index is 629. The molecule has 3 N–H and O–H groups in total. The summed E-state index contributed by atoms with van der Waals surface area (Å²) in [7, 11) is 0. The lowest BCUT2D eigenvalue weighted by Gasteiger charge is -2.30. The highest BCUT2D eigenvalue weighted by atomic mass is 16.3. The highest BCUT2D eigenvalue weighted by molar-refractivity contribution is 5.78. The Morgan fingerprint density at radius 2 is 2.04 bits per heavy atom. The summed E-state index contributed by atoms with van der Waals surface area (Å²) >= 11 is 0. The van der Waals surface area contributed by atoms with Gasteiger partial charge in [-0.25, -0.2) is 4.79 Å². The molecule has 1 aliphatic rings.